The number of ether oxygens (including phenoxy) is 1. The minimum Gasteiger partial charge on any atom is -0.484 e. The molecule has 22 heavy (non-hydrogen) atoms. The Labute approximate surface area is 127 Å². The smallest absolute Gasteiger partial charge is 0.262 e. The zero-order valence-corrected chi connectivity index (χ0v) is 12.0. The van der Waals surface area contributed by atoms with Crippen molar-refractivity contribution >= 4 is 23.7 Å². The highest BCUT2D eigenvalue weighted by Crippen LogP contribution is 2.13. The summed E-state index contributed by atoms with van der Waals surface area (Å²) in [5.41, 5.74) is 1.53. The fourth-order valence-electron chi connectivity index (χ4n) is 1.84. The maximum absolute atomic E-state index is 11.8. The number of hydrogen-bond donors (Lipinski definition) is 1. The van der Waals surface area contributed by atoms with Crippen molar-refractivity contribution < 1.29 is 19.1 Å². The molecule has 0 spiro atoms. The van der Waals surface area contributed by atoms with Gasteiger partial charge in [0.15, 0.2) is 12.4 Å². The van der Waals surface area contributed by atoms with E-state index in [4.69, 9.17) is 4.74 Å². The third-order valence-electron chi connectivity index (χ3n) is 2.92. The van der Waals surface area contributed by atoms with Crippen LogP contribution in [0.15, 0.2) is 48.5 Å². The molecule has 0 saturated carbocycles. The molecule has 0 atom stereocenters. The van der Waals surface area contributed by atoms with Crippen LogP contribution in [-0.2, 0) is 4.79 Å². The Morgan fingerprint density at radius 2 is 1.91 bits per heavy atom. The lowest BCUT2D eigenvalue weighted by molar-refractivity contribution is -0.118. The molecule has 0 aliphatic rings. The fraction of sp³-hybridized carbons (Fsp3) is 0.118. The van der Waals surface area contributed by atoms with Crippen molar-refractivity contribution in [3.8, 4) is 5.75 Å². The van der Waals surface area contributed by atoms with Crippen molar-refractivity contribution in [1.29, 1.82) is 0 Å². The third kappa shape index (κ3) is 4.28. The first-order valence-corrected chi connectivity index (χ1v) is 6.67. The van der Waals surface area contributed by atoms with Crippen molar-refractivity contribution in [3.05, 3.63) is 59.7 Å². The van der Waals surface area contributed by atoms with Gasteiger partial charge in [-0.25, -0.2) is 0 Å². The van der Waals surface area contributed by atoms with Crippen molar-refractivity contribution in [1.82, 2.24) is 0 Å². The van der Waals surface area contributed by atoms with Crippen LogP contribution in [0.1, 0.15) is 27.6 Å². The maximum Gasteiger partial charge on any atom is 0.262 e. The van der Waals surface area contributed by atoms with Crippen molar-refractivity contribution in [2.75, 3.05) is 11.9 Å². The predicted molar refractivity (Wildman–Crippen MR) is 82.4 cm³/mol. The van der Waals surface area contributed by atoms with E-state index < -0.39 is 0 Å². The Bertz CT molecular complexity index is 709. The van der Waals surface area contributed by atoms with E-state index >= 15 is 0 Å². The maximum atomic E-state index is 11.8. The van der Waals surface area contributed by atoms with E-state index in [2.05, 4.69) is 5.32 Å². The number of nitrogens with one attached hydrogen (secondary N) is 1. The molecule has 2 aromatic rings. The first-order chi connectivity index (χ1) is 10.6. The van der Waals surface area contributed by atoms with Gasteiger partial charge in [-0.1, -0.05) is 24.3 Å². The Hall–Kier alpha value is -2.95. The summed E-state index contributed by atoms with van der Waals surface area (Å²) in [5, 5.41) is 2.65. The summed E-state index contributed by atoms with van der Waals surface area (Å²) < 4.78 is 5.32. The van der Waals surface area contributed by atoms with Gasteiger partial charge in [0.2, 0.25) is 0 Å². The molecule has 2 rings (SSSR count). The molecule has 0 aromatic heterocycles. The monoisotopic (exact) mass is 297 g/mol. The summed E-state index contributed by atoms with van der Waals surface area (Å²) in [6.45, 7) is 1.27. The van der Waals surface area contributed by atoms with Crippen LogP contribution < -0.4 is 10.1 Å². The van der Waals surface area contributed by atoms with Crippen molar-refractivity contribution in [2.24, 2.45) is 0 Å². The summed E-state index contributed by atoms with van der Waals surface area (Å²) in [4.78, 5) is 33.8. The molecule has 112 valence electrons. The highest BCUT2D eigenvalue weighted by molar-refractivity contribution is 5.97. The van der Waals surface area contributed by atoms with Gasteiger partial charge in [0.05, 0.1) is 0 Å². The van der Waals surface area contributed by atoms with Crippen LogP contribution in [0, 0.1) is 0 Å². The van der Waals surface area contributed by atoms with Crippen LogP contribution in [0.5, 0.6) is 5.75 Å². The van der Waals surface area contributed by atoms with Crippen LogP contribution in [0.4, 0.5) is 5.69 Å². The first kappa shape index (κ1) is 15.4. The van der Waals surface area contributed by atoms with E-state index in [1.807, 2.05) is 0 Å². The molecule has 5 heteroatoms. The number of hydrogen-bond acceptors (Lipinski definition) is 4. The minimum atomic E-state index is -0.350. The van der Waals surface area contributed by atoms with E-state index in [0.29, 0.717) is 28.8 Å². The van der Waals surface area contributed by atoms with Crippen LogP contribution in [0.25, 0.3) is 0 Å². The van der Waals surface area contributed by atoms with E-state index in [1.165, 1.54) is 6.92 Å². The molecule has 0 aliphatic heterocycles. The SMILES string of the molecule is CC(=O)c1cccc(NC(=O)COc2cccc(C=O)c2)c1. The zero-order valence-electron chi connectivity index (χ0n) is 12.0. The Morgan fingerprint density at radius 1 is 1.14 bits per heavy atom. The van der Waals surface area contributed by atoms with Crippen LogP contribution in [-0.4, -0.2) is 24.6 Å². The second kappa shape index (κ2) is 7.17. The Morgan fingerprint density at radius 3 is 2.64 bits per heavy atom. The predicted octanol–water partition coefficient (Wildman–Crippen LogP) is 2.72. The average molecular weight is 297 g/mol. The zero-order chi connectivity index (χ0) is 15.9. The Kier molecular flexibility index (Phi) is 5.03. The molecule has 0 radical (unpaired) electrons. The van der Waals surface area contributed by atoms with Crippen LogP contribution >= 0.6 is 0 Å². The summed E-state index contributed by atoms with van der Waals surface area (Å²) in [7, 11) is 0. The van der Waals surface area contributed by atoms with Gasteiger partial charge in [0.1, 0.15) is 12.0 Å². The normalized spacial score (nSPS) is 9.86. The van der Waals surface area contributed by atoms with Gasteiger partial charge in [0.25, 0.3) is 5.91 Å². The molecular weight excluding hydrogens is 282 g/mol. The standard InChI is InChI=1S/C17H15NO4/c1-12(20)14-5-3-6-15(9-14)18-17(21)11-22-16-7-2-4-13(8-16)10-19/h2-10H,11H2,1H3,(H,18,21). The van der Waals surface area contributed by atoms with Gasteiger partial charge in [-0.3, -0.25) is 14.4 Å². The van der Waals surface area contributed by atoms with E-state index in [1.54, 1.807) is 48.5 Å². The van der Waals surface area contributed by atoms with E-state index in [-0.39, 0.29) is 18.3 Å². The van der Waals surface area contributed by atoms with Gasteiger partial charge in [-0.05, 0) is 31.2 Å². The lowest BCUT2D eigenvalue weighted by Gasteiger charge is -2.08. The van der Waals surface area contributed by atoms with Crippen LogP contribution in [0.3, 0.4) is 0 Å². The van der Waals surface area contributed by atoms with Crippen molar-refractivity contribution in [3.63, 3.8) is 0 Å². The molecule has 0 saturated heterocycles. The molecule has 0 aliphatic carbocycles. The number of anilines is 1. The topological polar surface area (TPSA) is 72.5 Å². The molecule has 1 N–H and O–H groups in total. The van der Waals surface area contributed by atoms with Gasteiger partial charge in [0, 0.05) is 16.8 Å². The molecule has 1 amide bonds. The third-order valence-corrected chi connectivity index (χ3v) is 2.92. The lowest BCUT2D eigenvalue weighted by Crippen LogP contribution is -2.20. The van der Waals surface area contributed by atoms with Crippen LogP contribution in [0.2, 0.25) is 0 Å². The summed E-state index contributed by atoms with van der Waals surface area (Å²) in [6.07, 6.45) is 0.709. The Balaban J connectivity index is 1.94. The molecule has 2 aromatic carbocycles. The van der Waals surface area contributed by atoms with Crippen molar-refractivity contribution in [2.45, 2.75) is 6.92 Å². The average Bonchev–Trinajstić information content (AvgIpc) is 2.53. The van der Waals surface area contributed by atoms with E-state index in [0.717, 1.165) is 0 Å². The summed E-state index contributed by atoms with van der Waals surface area (Å²) in [5.74, 6) is 0.0208. The van der Waals surface area contributed by atoms with Gasteiger partial charge in [-0.2, -0.15) is 0 Å². The molecule has 0 bridgehead atoms. The highest BCUT2D eigenvalue weighted by Gasteiger charge is 2.06. The number of carbonyl (C=O) groups is 3. The lowest BCUT2D eigenvalue weighted by atomic mass is 10.1. The number of amides is 1. The number of Topliss-reactive ketones (excluding diaryl/α,β-unsaturated/α-hetero) is 1. The fourth-order valence-corrected chi connectivity index (χ4v) is 1.84. The summed E-state index contributed by atoms with van der Waals surface area (Å²) >= 11 is 0. The van der Waals surface area contributed by atoms with Gasteiger partial charge in [-0.15, -0.1) is 0 Å². The molecule has 5 nitrogen and oxygen atoms in total. The summed E-state index contributed by atoms with van der Waals surface area (Å²) in [6, 6.07) is 13.2. The van der Waals surface area contributed by atoms with Gasteiger partial charge < -0.3 is 10.1 Å². The first-order valence-electron chi connectivity index (χ1n) is 6.67. The second-order valence-electron chi connectivity index (χ2n) is 4.66. The molecule has 0 unspecified atom stereocenters. The second-order valence-corrected chi connectivity index (χ2v) is 4.66. The highest BCUT2D eigenvalue weighted by atomic mass is 16.5. The number of benzene rings is 2. The minimum absolute atomic E-state index is 0.0713. The number of rotatable bonds is 6. The largest absolute Gasteiger partial charge is 0.484 e. The van der Waals surface area contributed by atoms with Gasteiger partial charge >= 0.3 is 0 Å². The van der Waals surface area contributed by atoms with E-state index in [9.17, 15) is 14.4 Å². The quantitative estimate of drug-likeness (QED) is 0.657. The molecule has 0 heterocycles. The molecule has 0 fully saturated rings. The number of aldehydes is 1. The molecular formula is C17H15NO4. The number of ketones is 1. The number of carbonyl (C=O) groups excluding carboxylic acids is 3.